The van der Waals surface area contributed by atoms with Crippen molar-refractivity contribution in [2.24, 2.45) is 5.92 Å². The monoisotopic (exact) mass is 218 g/mol. The van der Waals surface area contributed by atoms with Gasteiger partial charge in [-0.15, -0.1) is 11.6 Å². The first kappa shape index (κ1) is 11.8. The first-order valence-corrected chi connectivity index (χ1v) is 5.91. The van der Waals surface area contributed by atoms with Gasteiger partial charge in [0, 0.05) is 0 Å². The molecule has 0 N–H and O–H groups in total. The lowest BCUT2D eigenvalue weighted by Crippen LogP contribution is -2.26. The number of hydrogen-bond acceptors (Lipinski definition) is 2. The minimum Gasteiger partial charge on any atom is -0.468 e. The average Bonchev–Trinajstić information content (AvgIpc) is 2.15. The number of methoxy groups -OCH3 is 1. The van der Waals surface area contributed by atoms with Crippen LogP contribution >= 0.6 is 11.6 Å². The molecule has 1 atom stereocenters. The number of alkyl halides is 1. The molecule has 0 spiro atoms. The third-order valence-corrected chi connectivity index (χ3v) is 3.52. The standard InChI is InChI=1S/C11H19ClO2/c1-14-11(13)10(12)9-7-5-3-2-4-6-8-9/h9-10H,2-8H2,1H3. The molecular weight excluding hydrogens is 200 g/mol. The topological polar surface area (TPSA) is 26.3 Å². The molecule has 1 aliphatic carbocycles. The molecule has 1 fully saturated rings. The molecule has 0 aromatic carbocycles. The SMILES string of the molecule is COC(=O)C(Cl)C1CCCCCCC1. The van der Waals surface area contributed by atoms with Crippen molar-refractivity contribution in [3.63, 3.8) is 0 Å². The second-order valence-electron chi connectivity index (χ2n) is 4.03. The van der Waals surface area contributed by atoms with Crippen molar-refractivity contribution in [3.05, 3.63) is 0 Å². The molecule has 3 heteroatoms. The molecule has 1 saturated carbocycles. The van der Waals surface area contributed by atoms with Crippen LogP contribution in [0.25, 0.3) is 0 Å². The molecule has 0 amide bonds. The van der Waals surface area contributed by atoms with Crippen molar-refractivity contribution in [2.75, 3.05) is 7.11 Å². The van der Waals surface area contributed by atoms with Crippen molar-refractivity contribution in [2.45, 2.75) is 50.3 Å². The molecule has 0 aromatic rings. The molecule has 0 saturated heterocycles. The number of ether oxygens (including phenoxy) is 1. The fraction of sp³-hybridized carbons (Fsp3) is 0.909. The van der Waals surface area contributed by atoms with Crippen molar-refractivity contribution in [1.82, 2.24) is 0 Å². The Hall–Kier alpha value is -0.240. The smallest absolute Gasteiger partial charge is 0.324 e. The molecule has 1 aliphatic rings. The van der Waals surface area contributed by atoms with Gasteiger partial charge in [-0.25, -0.2) is 0 Å². The van der Waals surface area contributed by atoms with Gasteiger partial charge in [0.05, 0.1) is 7.11 Å². The largest absolute Gasteiger partial charge is 0.468 e. The van der Waals surface area contributed by atoms with E-state index in [4.69, 9.17) is 11.6 Å². The minimum atomic E-state index is -0.432. The van der Waals surface area contributed by atoms with Gasteiger partial charge in [-0.1, -0.05) is 32.1 Å². The molecule has 14 heavy (non-hydrogen) atoms. The van der Waals surface area contributed by atoms with Gasteiger partial charge in [-0.3, -0.25) is 4.79 Å². The summed E-state index contributed by atoms with van der Waals surface area (Å²) < 4.78 is 4.67. The van der Waals surface area contributed by atoms with E-state index in [-0.39, 0.29) is 5.97 Å². The van der Waals surface area contributed by atoms with Gasteiger partial charge >= 0.3 is 5.97 Å². The summed E-state index contributed by atoms with van der Waals surface area (Å²) in [6, 6.07) is 0. The van der Waals surface area contributed by atoms with Crippen molar-refractivity contribution < 1.29 is 9.53 Å². The molecule has 2 nitrogen and oxygen atoms in total. The lowest BCUT2D eigenvalue weighted by molar-refractivity contribution is -0.141. The van der Waals surface area contributed by atoms with Crippen LogP contribution in [0.15, 0.2) is 0 Å². The van der Waals surface area contributed by atoms with E-state index in [0.29, 0.717) is 5.92 Å². The van der Waals surface area contributed by atoms with Crippen LogP contribution in [0.5, 0.6) is 0 Å². The third kappa shape index (κ3) is 3.49. The number of carbonyl (C=O) groups excluding carboxylic acids is 1. The highest BCUT2D eigenvalue weighted by Crippen LogP contribution is 2.28. The fourth-order valence-electron chi connectivity index (χ4n) is 2.09. The molecule has 1 rings (SSSR count). The lowest BCUT2D eigenvalue weighted by Gasteiger charge is -2.22. The molecule has 0 aromatic heterocycles. The van der Waals surface area contributed by atoms with Gasteiger partial charge in [0.1, 0.15) is 5.38 Å². The van der Waals surface area contributed by atoms with Crippen LogP contribution in [0.1, 0.15) is 44.9 Å². The molecular formula is C11H19ClO2. The Bertz CT molecular complexity index is 174. The number of halogens is 1. The third-order valence-electron chi connectivity index (χ3n) is 2.99. The van der Waals surface area contributed by atoms with Crippen LogP contribution < -0.4 is 0 Å². The van der Waals surface area contributed by atoms with Crippen LogP contribution in [-0.2, 0) is 9.53 Å². The maximum absolute atomic E-state index is 11.3. The van der Waals surface area contributed by atoms with Gasteiger partial charge in [0.25, 0.3) is 0 Å². The summed E-state index contributed by atoms with van der Waals surface area (Å²) in [5.74, 6) is 0.0571. The average molecular weight is 219 g/mol. The zero-order valence-corrected chi connectivity index (χ0v) is 9.55. The summed E-state index contributed by atoms with van der Waals surface area (Å²) in [4.78, 5) is 11.3. The predicted octanol–water partition coefficient (Wildman–Crippen LogP) is 3.13. The second-order valence-corrected chi connectivity index (χ2v) is 4.50. The van der Waals surface area contributed by atoms with Gasteiger partial charge < -0.3 is 4.74 Å². The van der Waals surface area contributed by atoms with Crippen LogP contribution in [0.2, 0.25) is 0 Å². The Balaban J connectivity index is 2.42. The van der Waals surface area contributed by atoms with E-state index in [1.54, 1.807) is 0 Å². The Morgan fingerprint density at radius 1 is 1.21 bits per heavy atom. The minimum absolute atomic E-state index is 0.266. The highest BCUT2D eigenvalue weighted by atomic mass is 35.5. The van der Waals surface area contributed by atoms with Gasteiger partial charge in [-0.2, -0.15) is 0 Å². The zero-order chi connectivity index (χ0) is 10.4. The maximum atomic E-state index is 11.3. The molecule has 1 unspecified atom stereocenters. The summed E-state index contributed by atoms with van der Waals surface area (Å²) in [5, 5.41) is -0.432. The summed E-state index contributed by atoms with van der Waals surface area (Å²) in [5.41, 5.74) is 0. The van der Waals surface area contributed by atoms with Gasteiger partial charge in [0.15, 0.2) is 0 Å². The molecule has 0 radical (unpaired) electrons. The molecule has 82 valence electrons. The number of rotatable bonds is 2. The Kier molecular flexibility index (Phi) is 5.31. The second kappa shape index (κ2) is 6.28. The van der Waals surface area contributed by atoms with Crippen molar-refractivity contribution in [3.8, 4) is 0 Å². The van der Waals surface area contributed by atoms with E-state index in [1.807, 2.05) is 0 Å². The van der Waals surface area contributed by atoms with Gasteiger partial charge in [0.2, 0.25) is 0 Å². The Morgan fingerprint density at radius 2 is 1.71 bits per heavy atom. The van der Waals surface area contributed by atoms with Crippen LogP contribution in [-0.4, -0.2) is 18.5 Å². The number of esters is 1. The number of hydrogen-bond donors (Lipinski definition) is 0. The normalized spacial score (nSPS) is 22.1. The van der Waals surface area contributed by atoms with Crippen LogP contribution in [0, 0.1) is 5.92 Å². The maximum Gasteiger partial charge on any atom is 0.324 e. The predicted molar refractivity (Wildman–Crippen MR) is 57.5 cm³/mol. The van der Waals surface area contributed by atoms with E-state index in [0.717, 1.165) is 12.8 Å². The lowest BCUT2D eigenvalue weighted by atomic mass is 9.89. The van der Waals surface area contributed by atoms with Crippen molar-refractivity contribution >= 4 is 17.6 Å². The fourth-order valence-corrected chi connectivity index (χ4v) is 2.43. The molecule has 0 aliphatic heterocycles. The molecule has 0 heterocycles. The quantitative estimate of drug-likeness (QED) is 0.526. The summed E-state index contributed by atoms with van der Waals surface area (Å²) in [6.45, 7) is 0. The summed E-state index contributed by atoms with van der Waals surface area (Å²) >= 11 is 6.06. The molecule has 0 bridgehead atoms. The van der Waals surface area contributed by atoms with E-state index in [2.05, 4.69) is 4.74 Å². The first-order valence-electron chi connectivity index (χ1n) is 5.47. The van der Waals surface area contributed by atoms with E-state index < -0.39 is 5.38 Å². The van der Waals surface area contributed by atoms with Gasteiger partial charge in [-0.05, 0) is 18.8 Å². The zero-order valence-electron chi connectivity index (χ0n) is 8.80. The van der Waals surface area contributed by atoms with Crippen LogP contribution in [0.3, 0.4) is 0 Å². The van der Waals surface area contributed by atoms with E-state index >= 15 is 0 Å². The Labute approximate surface area is 91.0 Å². The van der Waals surface area contributed by atoms with Crippen molar-refractivity contribution in [1.29, 1.82) is 0 Å². The summed E-state index contributed by atoms with van der Waals surface area (Å²) in [6.07, 6.45) is 8.43. The Morgan fingerprint density at radius 3 is 2.21 bits per heavy atom. The first-order chi connectivity index (χ1) is 6.75. The summed E-state index contributed by atoms with van der Waals surface area (Å²) in [7, 11) is 1.40. The highest BCUT2D eigenvalue weighted by Gasteiger charge is 2.26. The van der Waals surface area contributed by atoms with E-state index in [1.165, 1.54) is 39.2 Å². The van der Waals surface area contributed by atoms with E-state index in [9.17, 15) is 4.79 Å². The highest BCUT2D eigenvalue weighted by molar-refractivity contribution is 6.30. The van der Waals surface area contributed by atoms with Crippen LogP contribution in [0.4, 0.5) is 0 Å². The number of carbonyl (C=O) groups is 1.